The van der Waals surface area contributed by atoms with Crippen molar-refractivity contribution in [3.05, 3.63) is 23.3 Å². The Hall–Kier alpha value is -1.16. The van der Waals surface area contributed by atoms with Crippen molar-refractivity contribution in [2.45, 2.75) is 25.2 Å². The van der Waals surface area contributed by atoms with E-state index in [4.69, 9.17) is 0 Å². The number of fused-ring (bicyclic) bond motifs is 1. The summed E-state index contributed by atoms with van der Waals surface area (Å²) in [5.74, 6) is 4.50. The van der Waals surface area contributed by atoms with Gasteiger partial charge in [0, 0.05) is 5.92 Å². The van der Waals surface area contributed by atoms with E-state index in [2.05, 4.69) is 26.6 Å². The van der Waals surface area contributed by atoms with Crippen LogP contribution in [-0.4, -0.2) is 15.2 Å². The van der Waals surface area contributed by atoms with Crippen LogP contribution in [0, 0.1) is 11.8 Å². The first-order valence-corrected chi connectivity index (χ1v) is 6.77. The van der Waals surface area contributed by atoms with E-state index in [1.54, 1.807) is 11.3 Å². The van der Waals surface area contributed by atoms with Crippen LogP contribution in [0.25, 0.3) is 10.7 Å². The molecule has 2 unspecified atom stereocenters. The van der Waals surface area contributed by atoms with Crippen molar-refractivity contribution in [3.8, 4) is 10.7 Å². The van der Waals surface area contributed by atoms with E-state index in [1.165, 1.54) is 19.3 Å². The topological polar surface area (TPSA) is 41.6 Å². The number of H-pyrrole nitrogens is 1. The lowest BCUT2D eigenvalue weighted by molar-refractivity contribution is 0.660. The van der Waals surface area contributed by atoms with Crippen molar-refractivity contribution in [2.75, 3.05) is 0 Å². The van der Waals surface area contributed by atoms with Gasteiger partial charge in [0.05, 0.1) is 4.88 Å². The summed E-state index contributed by atoms with van der Waals surface area (Å²) in [6, 6.07) is 4.12. The van der Waals surface area contributed by atoms with Crippen LogP contribution in [0.4, 0.5) is 0 Å². The fourth-order valence-electron chi connectivity index (χ4n) is 3.17. The van der Waals surface area contributed by atoms with Gasteiger partial charge in [-0.3, -0.25) is 5.10 Å². The maximum atomic E-state index is 4.64. The Kier molecular flexibility index (Phi) is 1.77. The van der Waals surface area contributed by atoms with Gasteiger partial charge in [-0.25, -0.2) is 4.98 Å². The molecule has 2 aliphatic rings. The smallest absolute Gasteiger partial charge is 0.191 e. The molecule has 4 rings (SSSR count). The van der Waals surface area contributed by atoms with Gasteiger partial charge in [0.25, 0.3) is 0 Å². The number of nitrogens with zero attached hydrogens (tertiary/aromatic N) is 2. The summed E-state index contributed by atoms with van der Waals surface area (Å²) in [5, 5.41) is 9.52. The van der Waals surface area contributed by atoms with E-state index in [0.717, 1.165) is 28.4 Å². The molecule has 2 aromatic rings. The van der Waals surface area contributed by atoms with Crippen LogP contribution < -0.4 is 0 Å². The Morgan fingerprint density at radius 1 is 1.31 bits per heavy atom. The van der Waals surface area contributed by atoms with E-state index in [0.29, 0.717) is 5.92 Å². The van der Waals surface area contributed by atoms with Crippen molar-refractivity contribution in [1.82, 2.24) is 15.2 Å². The predicted octanol–water partition coefficient (Wildman–Crippen LogP) is 3.05. The highest BCUT2D eigenvalue weighted by Crippen LogP contribution is 2.62. The molecule has 2 fully saturated rings. The second-order valence-electron chi connectivity index (χ2n) is 4.81. The highest BCUT2D eigenvalue weighted by molar-refractivity contribution is 7.13. The van der Waals surface area contributed by atoms with Gasteiger partial charge >= 0.3 is 0 Å². The number of nitrogens with one attached hydrogen (secondary N) is 1. The van der Waals surface area contributed by atoms with Crippen molar-refractivity contribution < 1.29 is 0 Å². The zero-order valence-electron chi connectivity index (χ0n) is 8.89. The molecule has 0 aromatic carbocycles. The van der Waals surface area contributed by atoms with Crippen LogP contribution in [0.2, 0.25) is 0 Å². The Balaban J connectivity index is 1.62. The van der Waals surface area contributed by atoms with E-state index in [9.17, 15) is 0 Å². The van der Waals surface area contributed by atoms with Crippen LogP contribution in [0.15, 0.2) is 17.5 Å². The zero-order valence-corrected chi connectivity index (χ0v) is 9.70. The molecule has 0 saturated heterocycles. The number of rotatable bonds is 2. The van der Waals surface area contributed by atoms with E-state index >= 15 is 0 Å². The molecule has 0 radical (unpaired) electrons. The molecular weight excluding hydrogens is 218 g/mol. The molecule has 82 valence electrons. The average molecular weight is 231 g/mol. The summed E-state index contributed by atoms with van der Waals surface area (Å²) in [4.78, 5) is 5.80. The van der Waals surface area contributed by atoms with E-state index in [1.807, 2.05) is 6.07 Å². The molecule has 2 atom stereocenters. The largest absolute Gasteiger partial charge is 0.262 e. The van der Waals surface area contributed by atoms with Gasteiger partial charge in [-0.1, -0.05) is 12.5 Å². The lowest BCUT2D eigenvalue weighted by Gasteiger charge is -1.96. The number of hydrogen-bond acceptors (Lipinski definition) is 3. The molecule has 2 aromatic heterocycles. The third-order valence-corrected chi connectivity index (χ3v) is 4.83. The maximum absolute atomic E-state index is 4.64. The number of aromatic amines is 1. The standard InChI is InChI=1S/C12H13N3S/c1-3-7-8(4-1)10(7)12-13-11(14-15-12)9-5-2-6-16-9/h2,5-8,10H,1,3-4H2,(H,13,14,15). The Labute approximate surface area is 97.9 Å². The van der Waals surface area contributed by atoms with E-state index in [-0.39, 0.29) is 0 Å². The SMILES string of the molecule is c1csc(-c2n[nH]c(C3C4CCCC43)n2)c1. The Morgan fingerprint density at radius 2 is 2.19 bits per heavy atom. The van der Waals surface area contributed by atoms with Gasteiger partial charge in [0.15, 0.2) is 5.82 Å². The Morgan fingerprint density at radius 3 is 2.94 bits per heavy atom. The normalized spacial score (nSPS) is 31.6. The predicted molar refractivity (Wildman–Crippen MR) is 63.3 cm³/mol. The molecule has 3 nitrogen and oxygen atoms in total. The molecule has 2 aliphatic carbocycles. The maximum Gasteiger partial charge on any atom is 0.191 e. The summed E-state index contributed by atoms with van der Waals surface area (Å²) in [6.45, 7) is 0. The first-order valence-electron chi connectivity index (χ1n) is 5.89. The van der Waals surface area contributed by atoms with Gasteiger partial charge in [0.2, 0.25) is 0 Å². The Bertz CT molecular complexity index is 492. The van der Waals surface area contributed by atoms with Gasteiger partial charge in [-0.15, -0.1) is 11.3 Å². The quantitative estimate of drug-likeness (QED) is 0.863. The van der Waals surface area contributed by atoms with Crippen LogP contribution >= 0.6 is 11.3 Å². The summed E-state index contributed by atoms with van der Waals surface area (Å²) in [6.07, 6.45) is 4.20. The van der Waals surface area contributed by atoms with Crippen LogP contribution in [0.5, 0.6) is 0 Å². The van der Waals surface area contributed by atoms with Crippen LogP contribution in [0.1, 0.15) is 31.0 Å². The highest BCUT2D eigenvalue weighted by atomic mass is 32.1. The molecule has 0 spiro atoms. The van der Waals surface area contributed by atoms with Crippen molar-refractivity contribution in [2.24, 2.45) is 11.8 Å². The van der Waals surface area contributed by atoms with E-state index < -0.39 is 0 Å². The van der Waals surface area contributed by atoms with Crippen molar-refractivity contribution in [1.29, 1.82) is 0 Å². The van der Waals surface area contributed by atoms with Gasteiger partial charge < -0.3 is 0 Å². The highest BCUT2D eigenvalue weighted by Gasteiger charge is 2.54. The van der Waals surface area contributed by atoms with Crippen molar-refractivity contribution >= 4 is 11.3 Å². The molecule has 2 saturated carbocycles. The third kappa shape index (κ3) is 1.19. The monoisotopic (exact) mass is 231 g/mol. The van der Waals surface area contributed by atoms with Crippen LogP contribution in [0.3, 0.4) is 0 Å². The van der Waals surface area contributed by atoms with Crippen LogP contribution in [-0.2, 0) is 0 Å². The zero-order chi connectivity index (χ0) is 10.5. The third-order valence-electron chi connectivity index (χ3n) is 3.97. The van der Waals surface area contributed by atoms with Crippen molar-refractivity contribution in [3.63, 3.8) is 0 Å². The number of hydrogen-bond donors (Lipinski definition) is 1. The summed E-state index contributed by atoms with van der Waals surface area (Å²) < 4.78 is 0. The molecule has 0 amide bonds. The minimum absolute atomic E-state index is 0.690. The lowest BCUT2D eigenvalue weighted by Crippen LogP contribution is -1.90. The summed E-state index contributed by atoms with van der Waals surface area (Å²) in [5.41, 5.74) is 0. The minimum Gasteiger partial charge on any atom is -0.262 e. The fourth-order valence-corrected chi connectivity index (χ4v) is 3.82. The lowest BCUT2D eigenvalue weighted by atomic mass is 10.1. The minimum atomic E-state index is 0.690. The molecular formula is C12H13N3S. The molecule has 1 N–H and O–H groups in total. The second-order valence-corrected chi connectivity index (χ2v) is 5.75. The molecule has 16 heavy (non-hydrogen) atoms. The van der Waals surface area contributed by atoms with Gasteiger partial charge in [-0.05, 0) is 36.1 Å². The molecule has 4 heteroatoms. The number of thiophene rings is 1. The average Bonchev–Trinajstić information content (AvgIpc) is 2.89. The first kappa shape index (κ1) is 8.93. The number of aromatic nitrogens is 3. The van der Waals surface area contributed by atoms with Gasteiger partial charge in [0.1, 0.15) is 5.82 Å². The first-order chi connectivity index (χ1) is 7.93. The molecule has 2 heterocycles. The molecule has 0 bridgehead atoms. The van der Waals surface area contributed by atoms with Gasteiger partial charge in [-0.2, -0.15) is 5.10 Å². The summed E-state index contributed by atoms with van der Waals surface area (Å²) >= 11 is 1.70. The second kappa shape index (κ2) is 3.17. The molecule has 0 aliphatic heterocycles. The summed E-state index contributed by atoms with van der Waals surface area (Å²) in [7, 11) is 0. The fraction of sp³-hybridized carbons (Fsp3) is 0.500.